The Morgan fingerprint density at radius 1 is 1.12 bits per heavy atom. The van der Waals surface area contributed by atoms with E-state index in [9.17, 15) is 13.2 Å². The molecule has 0 spiro atoms. The lowest BCUT2D eigenvalue weighted by atomic mass is 10.1. The fourth-order valence-corrected chi connectivity index (χ4v) is 5.05. The predicted molar refractivity (Wildman–Crippen MR) is 106 cm³/mol. The lowest BCUT2D eigenvalue weighted by Crippen LogP contribution is -2.46. The number of amides is 1. The number of sulfone groups is 1. The molecule has 0 bridgehead atoms. The second-order valence-corrected chi connectivity index (χ2v) is 9.46. The fraction of sp³-hybridized carbons (Fsp3) is 0.474. The summed E-state index contributed by atoms with van der Waals surface area (Å²) in [4.78, 5) is 18.7. The van der Waals surface area contributed by atoms with Gasteiger partial charge < -0.3 is 4.90 Å². The van der Waals surface area contributed by atoms with Gasteiger partial charge in [0.25, 0.3) is 0 Å². The maximum atomic E-state index is 12.7. The average molecular weight is 395 g/mol. The highest BCUT2D eigenvalue weighted by atomic mass is 32.2. The van der Waals surface area contributed by atoms with E-state index in [-0.39, 0.29) is 22.3 Å². The number of aromatic nitrogens is 1. The summed E-state index contributed by atoms with van der Waals surface area (Å²) in [5.74, 6) is -0.895. The number of carbonyl (C=O) groups is 1. The lowest BCUT2D eigenvalue weighted by Gasteiger charge is -2.33. The molecule has 0 fully saturated rings. The summed E-state index contributed by atoms with van der Waals surface area (Å²) in [7, 11) is -3.76. The van der Waals surface area contributed by atoms with E-state index in [1.807, 2.05) is 58.0 Å². The van der Waals surface area contributed by atoms with Crippen molar-refractivity contribution in [3.63, 3.8) is 0 Å². The molecule has 7 heteroatoms. The van der Waals surface area contributed by atoms with Gasteiger partial charge in [-0.2, -0.15) is 0 Å². The molecule has 0 saturated carbocycles. The van der Waals surface area contributed by atoms with Gasteiger partial charge in [-0.05, 0) is 26.7 Å². The first-order chi connectivity index (χ1) is 12.3. The number of carbonyl (C=O) groups excluding carboxylic acids is 1. The van der Waals surface area contributed by atoms with E-state index in [4.69, 9.17) is 0 Å². The molecule has 0 aliphatic heterocycles. The molecule has 0 saturated heterocycles. The third kappa shape index (κ3) is 4.71. The highest BCUT2D eigenvalue weighted by Gasteiger charge is 2.30. The van der Waals surface area contributed by atoms with Crippen LogP contribution in [-0.2, 0) is 14.6 Å². The number of hydrogen-bond acceptors (Lipinski definition) is 5. The zero-order chi connectivity index (χ0) is 19.3. The summed E-state index contributed by atoms with van der Waals surface area (Å²) in [6.45, 7) is 7.89. The first-order valence-electron chi connectivity index (χ1n) is 8.85. The van der Waals surface area contributed by atoms with Crippen molar-refractivity contribution in [3.8, 4) is 11.3 Å². The summed E-state index contributed by atoms with van der Waals surface area (Å²) >= 11 is 1.06. The molecule has 2 aromatic rings. The van der Waals surface area contributed by atoms with E-state index in [1.165, 1.54) is 0 Å². The first-order valence-corrected chi connectivity index (χ1v) is 11.4. The molecule has 1 aromatic heterocycles. The van der Waals surface area contributed by atoms with Crippen molar-refractivity contribution in [2.45, 2.75) is 57.0 Å². The highest BCUT2D eigenvalue weighted by Crippen LogP contribution is 2.25. The van der Waals surface area contributed by atoms with Crippen LogP contribution in [0, 0.1) is 0 Å². The van der Waals surface area contributed by atoms with E-state index < -0.39 is 15.6 Å². The maximum Gasteiger partial charge on any atom is 0.238 e. The monoisotopic (exact) mass is 394 g/mol. The van der Waals surface area contributed by atoms with Gasteiger partial charge >= 0.3 is 0 Å². The van der Waals surface area contributed by atoms with Gasteiger partial charge in [-0.1, -0.05) is 44.2 Å². The number of hydrogen-bond donors (Lipinski definition) is 0. The van der Waals surface area contributed by atoms with E-state index in [0.29, 0.717) is 5.69 Å². The van der Waals surface area contributed by atoms with E-state index in [2.05, 4.69) is 4.98 Å². The Kier molecular flexibility index (Phi) is 6.94. The van der Waals surface area contributed by atoms with Crippen molar-refractivity contribution in [1.29, 1.82) is 0 Å². The molecule has 2 atom stereocenters. The van der Waals surface area contributed by atoms with Crippen molar-refractivity contribution >= 4 is 27.1 Å². The van der Waals surface area contributed by atoms with Crippen molar-refractivity contribution < 1.29 is 13.2 Å². The highest BCUT2D eigenvalue weighted by molar-refractivity contribution is 7.94. The van der Waals surface area contributed by atoms with Gasteiger partial charge in [-0.25, -0.2) is 13.4 Å². The summed E-state index contributed by atoms with van der Waals surface area (Å²) in [6, 6.07) is 9.41. The second-order valence-electron chi connectivity index (χ2n) is 6.44. The minimum absolute atomic E-state index is 0.00189. The number of nitrogens with zero attached hydrogens (tertiary/aromatic N) is 2. The molecule has 0 N–H and O–H groups in total. The van der Waals surface area contributed by atoms with Crippen LogP contribution in [0.1, 0.15) is 40.5 Å². The molecular formula is C19H26N2O3S2. The van der Waals surface area contributed by atoms with Gasteiger partial charge in [0.15, 0.2) is 0 Å². The normalized spacial score (nSPS) is 14.0. The van der Waals surface area contributed by atoms with Gasteiger partial charge in [0, 0.05) is 23.0 Å². The summed E-state index contributed by atoms with van der Waals surface area (Å²) < 4.78 is 25.4. The SMILES string of the molecule is CC[C@@H](C)N(C(=O)CS(=O)(=O)c1nc(-c2ccccc2)cs1)[C@H](C)CC. The minimum atomic E-state index is -3.76. The van der Waals surface area contributed by atoms with Crippen LogP contribution in [0.25, 0.3) is 11.3 Å². The van der Waals surface area contributed by atoms with Crippen molar-refractivity contribution in [2.24, 2.45) is 0 Å². The molecule has 142 valence electrons. The standard InChI is InChI=1S/C19H26N2O3S2/c1-5-14(3)21(15(4)6-2)18(22)13-26(23,24)19-20-17(12-25-19)16-10-8-7-9-11-16/h7-12,14-15H,5-6,13H2,1-4H3/t14-,15-/m1/s1. The zero-order valence-electron chi connectivity index (χ0n) is 15.7. The van der Waals surface area contributed by atoms with Gasteiger partial charge in [-0.15, -0.1) is 11.3 Å². The van der Waals surface area contributed by atoms with Crippen LogP contribution in [0.3, 0.4) is 0 Å². The molecule has 1 aromatic carbocycles. The average Bonchev–Trinajstić information content (AvgIpc) is 3.13. The Morgan fingerprint density at radius 3 is 2.23 bits per heavy atom. The van der Waals surface area contributed by atoms with Crippen LogP contribution in [0.5, 0.6) is 0 Å². The molecule has 1 amide bonds. The third-order valence-electron chi connectivity index (χ3n) is 4.55. The molecule has 0 unspecified atom stereocenters. The van der Waals surface area contributed by atoms with Crippen LogP contribution < -0.4 is 0 Å². The van der Waals surface area contributed by atoms with Crippen molar-refractivity contribution in [1.82, 2.24) is 9.88 Å². The topological polar surface area (TPSA) is 67.3 Å². The van der Waals surface area contributed by atoms with Crippen LogP contribution in [0.2, 0.25) is 0 Å². The predicted octanol–water partition coefficient (Wildman–Crippen LogP) is 4.01. The molecular weight excluding hydrogens is 368 g/mol. The van der Waals surface area contributed by atoms with Crippen molar-refractivity contribution in [2.75, 3.05) is 5.75 Å². The Balaban J connectivity index is 2.22. The molecule has 0 aliphatic carbocycles. The quantitative estimate of drug-likeness (QED) is 0.678. The van der Waals surface area contributed by atoms with Crippen LogP contribution in [0.4, 0.5) is 0 Å². The van der Waals surface area contributed by atoms with Gasteiger partial charge in [0.05, 0.1) is 5.69 Å². The number of benzene rings is 1. The largest absolute Gasteiger partial charge is 0.336 e. The Labute approximate surface area is 160 Å². The van der Waals surface area contributed by atoms with Gasteiger partial charge in [-0.3, -0.25) is 4.79 Å². The molecule has 2 rings (SSSR count). The van der Waals surface area contributed by atoms with Crippen LogP contribution in [-0.4, -0.2) is 42.0 Å². The molecule has 1 heterocycles. The molecule has 5 nitrogen and oxygen atoms in total. The lowest BCUT2D eigenvalue weighted by molar-refractivity contribution is -0.132. The third-order valence-corrected chi connectivity index (χ3v) is 7.49. The minimum Gasteiger partial charge on any atom is -0.336 e. The number of rotatable bonds is 8. The van der Waals surface area contributed by atoms with Crippen LogP contribution in [0.15, 0.2) is 40.1 Å². The van der Waals surface area contributed by atoms with Gasteiger partial charge in [0.1, 0.15) is 5.75 Å². The molecule has 0 aliphatic rings. The maximum absolute atomic E-state index is 12.7. The molecule has 0 radical (unpaired) electrons. The van der Waals surface area contributed by atoms with E-state index in [1.54, 1.807) is 10.3 Å². The van der Waals surface area contributed by atoms with Crippen LogP contribution >= 0.6 is 11.3 Å². The van der Waals surface area contributed by atoms with E-state index in [0.717, 1.165) is 29.7 Å². The fourth-order valence-electron chi connectivity index (χ4n) is 2.76. The molecule has 26 heavy (non-hydrogen) atoms. The van der Waals surface area contributed by atoms with E-state index >= 15 is 0 Å². The Bertz CT molecular complexity index is 821. The summed E-state index contributed by atoms with van der Waals surface area (Å²) in [5, 5.41) is 1.72. The second kappa shape index (κ2) is 8.77. The Hall–Kier alpha value is -1.73. The van der Waals surface area contributed by atoms with Gasteiger partial charge in [0.2, 0.25) is 20.1 Å². The summed E-state index contributed by atoms with van der Waals surface area (Å²) in [5.41, 5.74) is 1.47. The van der Waals surface area contributed by atoms with Crippen molar-refractivity contribution in [3.05, 3.63) is 35.7 Å². The Morgan fingerprint density at radius 2 is 1.69 bits per heavy atom. The number of thiazole rings is 1. The zero-order valence-corrected chi connectivity index (χ0v) is 17.3. The first kappa shape index (κ1) is 20.6. The smallest absolute Gasteiger partial charge is 0.238 e. The summed E-state index contributed by atoms with van der Waals surface area (Å²) in [6.07, 6.45) is 1.57.